The normalized spacial score (nSPS) is 23.3. The Hall–Kier alpha value is -2.77. The van der Waals surface area contributed by atoms with Crippen molar-refractivity contribution in [1.29, 1.82) is 0 Å². The van der Waals surface area contributed by atoms with Crippen LogP contribution >= 0.6 is 0 Å². The fraction of sp³-hybridized carbons (Fsp3) is 0.300. The van der Waals surface area contributed by atoms with E-state index >= 15 is 0 Å². The van der Waals surface area contributed by atoms with E-state index in [9.17, 15) is 0 Å². The van der Waals surface area contributed by atoms with Gasteiger partial charge in [0, 0.05) is 0 Å². The van der Waals surface area contributed by atoms with Gasteiger partial charge in [-0.25, -0.2) is 0 Å². The van der Waals surface area contributed by atoms with Crippen molar-refractivity contribution in [3.63, 3.8) is 0 Å². The molecule has 0 bridgehead atoms. The number of fused-ring (bicyclic) bond motifs is 6. The molecule has 1 heterocycles. The maximum atomic E-state index is 2.76. The number of aryl methyl sites for hydroxylation is 4. The van der Waals surface area contributed by atoms with Gasteiger partial charge in [-0.15, -0.1) is 0 Å². The zero-order valence-corrected chi connectivity index (χ0v) is 29.5. The van der Waals surface area contributed by atoms with Crippen LogP contribution in [-0.4, -0.2) is 0 Å². The van der Waals surface area contributed by atoms with Gasteiger partial charge in [0.15, 0.2) is 0 Å². The van der Waals surface area contributed by atoms with Gasteiger partial charge in [-0.05, 0) is 0 Å². The summed E-state index contributed by atoms with van der Waals surface area (Å²) in [5.41, 5.74) is 20.6. The minimum absolute atomic E-state index is 0.0719. The summed E-state index contributed by atoms with van der Waals surface area (Å²) in [7, 11) is 0. The van der Waals surface area contributed by atoms with Crippen molar-refractivity contribution in [1.82, 2.24) is 0 Å². The van der Waals surface area contributed by atoms with Crippen LogP contribution in [0.1, 0.15) is 72.1 Å². The number of hydrogen-bond acceptors (Lipinski definition) is 0. The first-order valence-electron chi connectivity index (χ1n) is 15.4. The summed E-state index contributed by atoms with van der Waals surface area (Å²) in [5, 5.41) is 0. The van der Waals surface area contributed by atoms with E-state index in [0.29, 0.717) is 7.35 Å². The first-order chi connectivity index (χ1) is 19.5. The van der Waals surface area contributed by atoms with Crippen molar-refractivity contribution in [3.8, 4) is 22.3 Å². The van der Waals surface area contributed by atoms with E-state index in [1.54, 1.807) is 22.3 Å². The second-order valence-corrected chi connectivity index (χ2v) is 31.2. The van der Waals surface area contributed by atoms with Gasteiger partial charge >= 0.3 is 253 Å². The maximum absolute atomic E-state index is 3.05. The molecule has 0 nitrogen and oxygen atoms in total. The Morgan fingerprint density at radius 1 is 0.610 bits per heavy atom. The SMILES string of the molecule is CCC1(C)C2=Cc3c(-c4cc(C)cc(C)c4)cccc3[CH]2[Hf]([CH3])([CH3])[CH]2C1=Cc1c(-c3cc(C)cc(C)c3)cccc12. The predicted molar refractivity (Wildman–Crippen MR) is 174 cm³/mol. The van der Waals surface area contributed by atoms with E-state index < -0.39 is 20.0 Å². The van der Waals surface area contributed by atoms with Crippen LogP contribution in [0.4, 0.5) is 0 Å². The fourth-order valence-electron chi connectivity index (χ4n) is 8.87. The molecule has 0 N–H and O–H groups in total. The summed E-state index contributed by atoms with van der Waals surface area (Å²) in [6, 6.07) is 28.4. The van der Waals surface area contributed by atoms with E-state index in [0.717, 1.165) is 6.42 Å². The van der Waals surface area contributed by atoms with Crippen LogP contribution < -0.4 is 0 Å². The monoisotopic (exact) mass is 702 g/mol. The van der Waals surface area contributed by atoms with Crippen LogP contribution in [0.15, 0.2) is 83.9 Å². The molecule has 0 amide bonds. The Bertz CT molecular complexity index is 1640. The molecule has 0 saturated carbocycles. The minimum atomic E-state index is -3.05. The van der Waals surface area contributed by atoms with Crippen LogP contribution in [0.2, 0.25) is 9.36 Å². The van der Waals surface area contributed by atoms with Crippen LogP contribution in [-0.2, 0) is 20.0 Å². The predicted octanol–water partition coefficient (Wildman–Crippen LogP) is 11.5. The van der Waals surface area contributed by atoms with E-state index in [1.165, 1.54) is 55.6 Å². The zero-order valence-electron chi connectivity index (χ0n) is 25.9. The van der Waals surface area contributed by atoms with Gasteiger partial charge < -0.3 is 0 Å². The van der Waals surface area contributed by atoms with Gasteiger partial charge in [0.1, 0.15) is 0 Å². The van der Waals surface area contributed by atoms with Crippen molar-refractivity contribution in [2.24, 2.45) is 5.41 Å². The van der Waals surface area contributed by atoms with E-state index in [1.807, 2.05) is 0 Å². The van der Waals surface area contributed by atoms with E-state index in [-0.39, 0.29) is 5.41 Å². The standard InChI is InChI=1S/C38H36.2CH3.Hf/c1-7-38(6,32-20-28-10-8-12-34(36(28)22-32)30-16-24(2)14-25(3)17-30)33-21-29-11-9-13-35(37(29)23-33)31-18-26(4)15-27(5)19-31;;;/h8-23H,7H2,1-6H3;2*1H3;. The van der Waals surface area contributed by atoms with Gasteiger partial charge in [-0.3, -0.25) is 0 Å². The summed E-state index contributed by atoms with van der Waals surface area (Å²) in [6.07, 6.45) is 6.45. The van der Waals surface area contributed by atoms with Crippen LogP contribution in [0.3, 0.4) is 0 Å². The Balaban J connectivity index is 1.45. The van der Waals surface area contributed by atoms with Crippen molar-refractivity contribution >= 4 is 12.2 Å². The van der Waals surface area contributed by atoms with E-state index in [4.69, 9.17) is 0 Å². The molecule has 2 aliphatic carbocycles. The summed E-state index contributed by atoms with van der Waals surface area (Å²) >= 11 is -3.05. The summed E-state index contributed by atoms with van der Waals surface area (Å²) in [5.74, 6) is 0. The van der Waals surface area contributed by atoms with Crippen LogP contribution in [0.5, 0.6) is 0 Å². The molecule has 1 fully saturated rings. The molecule has 0 aromatic heterocycles. The molecule has 1 heteroatoms. The van der Waals surface area contributed by atoms with Gasteiger partial charge in [-0.1, -0.05) is 0 Å². The third kappa shape index (κ3) is 3.94. The molecule has 41 heavy (non-hydrogen) atoms. The fourth-order valence-corrected chi connectivity index (χ4v) is 26.3. The Labute approximate surface area is 251 Å². The molecular formula is C40H42Hf. The molecule has 3 aliphatic rings. The molecule has 2 atom stereocenters. The topological polar surface area (TPSA) is 0 Å². The molecule has 1 aliphatic heterocycles. The zero-order chi connectivity index (χ0) is 28.8. The molecule has 1 saturated heterocycles. The van der Waals surface area contributed by atoms with Crippen molar-refractivity contribution in [2.75, 3.05) is 0 Å². The summed E-state index contributed by atoms with van der Waals surface area (Å²) in [6.45, 7) is 13.9. The van der Waals surface area contributed by atoms with E-state index in [2.05, 4.69) is 136 Å². The summed E-state index contributed by atoms with van der Waals surface area (Å²) < 4.78 is 6.75. The Morgan fingerprint density at radius 3 is 1.37 bits per heavy atom. The van der Waals surface area contributed by atoms with Gasteiger partial charge in [0.05, 0.1) is 0 Å². The quantitative estimate of drug-likeness (QED) is 0.187. The van der Waals surface area contributed by atoms with Crippen molar-refractivity contribution < 1.29 is 20.0 Å². The van der Waals surface area contributed by atoms with Crippen LogP contribution in [0.25, 0.3) is 34.4 Å². The third-order valence-corrected chi connectivity index (χ3v) is 25.8. The first kappa shape index (κ1) is 27.1. The molecule has 2 unspecified atom stereocenters. The number of hydrogen-bond donors (Lipinski definition) is 0. The van der Waals surface area contributed by atoms with Crippen molar-refractivity contribution in [3.05, 3.63) is 128 Å². The first-order valence-corrected chi connectivity index (χ1v) is 26.7. The molecular weight excluding hydrogens is 659 g/mol. The second-order valence-electron chi connectivity index (χ2n) is 13.9. The molecule has 4 aromatic carbocycles. The average molecular weight is 701 g/mol. The summed E-state index contributed by atoms with van der Waals surface area (Å²) in [4.78, 5) is 0. The van der Waals surface area contributed by atoms with Crippen molar-refractivity contribution in [2.45, 2.75) is 64.7 Å². The Kier molecular flexibility index (Phi) is 6.19. The third-order valence-electron chi connectivity index (χ3n) is 10.7. The second kappa shape index (κ2) is 9.37. The van der Waals surface area contributed by atoms with Gasteiger partial charge in [0.25, 0.3) is 0 Å². The molecule has 4 aromatic rings. The molecule has 0 radical (unpaired) electrons. The Morgan fingerprint density at radius 2 is 1.00 bits per heavy atom. The number of allylic oxidation sites excluding steroid dienone is 2. The van der Waals surface area contributed by atoms with Gasteiger partial charge in [-0.2, -0.15) is 0 Å². The molecule has 0 spiro atoms. The van der Waals surface area contributed by atoms with Crippen LogP contribution in [0, 0.1) is 33.1 Å². The number of rotatable bonds is 3. The number of benzene rings is 4. The average Bonchev–Trinajstić information content (AvgIpc) is 3.52. The van der Waals surface area contributed by atoms with Gasteiger partial charge in [0.2, 0.25) is 0 Å². The molecule has 7 rings (SSSR count). The molecule has 206 valence electrons.